The van der Waals surface area contributed by atoms with Crippen molar-refractivity contribution in [1.29, 1.82) is 0 Å². The Kier molecular flexibility index (Phi) is 7.85. The Morgan fingerprint density at radius 3 is 1.50 bits per heavy atom. The van der Waals surface area contributed by atoms with Crippen molar-refractivity contribution < 1.29 is 39.6 Å². The molecule has 0 saturated carbocycles. The molecule has 0 aliphatic heterocycles. The SMILES string of the molecule is C=CC(C(=O)O)C(CCC(C(=O)O)C(CC)C(=O)O)C(=O)O. The third-order valence-corrected chi connectivity index (χ3v) is 3.64. The summed E-state index contributed by atoms with van der Waals surface area (Å²) in [6.07, 6.45) is 0.549. The van der Waals surface area contributed by atoms with Gasteiger partial charge in [-0.25, -0.2) is 0 Å². The number of rotatable bonds is 11. The summed E-state index contributed by atoms with van der Waals surface area (Å²) in [6.45, 7) is 4.79. The second-order valence-corrected chi connectivity index (χ2v) is 4.92. The van der Waals surface area contributed by atoms with Crippen molar-refractivity contribution in [3.63, 3.8) is 0 Å². The molecule has 22 heavy (non-hydrogen) atoms. The number of carboxylic acids is 4. The van der Waals surface area contributed by atoms with Crippen molar-refractivity contribution in [2.75, 3.05) is 0 Å². The summed E-state index contributed by atoms with van der Waals surface area (Å²) in [5, 5.41) is 36.2. The lowest BCUT2D eigenvalue weighted by Crippen LogP contribution is -2.33. The number of aliphatic carboxylic acids is 4. The average Bonchev–Trinajstić information content (AvgIpc) is 2.40. The molecule has 0 heterocycles. The van der Waals surface area contributed by atoms with Gasteiger partial charge in [0, 0.05) is 0 Å². The van der Waals surface area contributed by atoms with Crippen LogP contribution in [0.2, 0.25) is 0 Å². The lowest BCUT2D eigenvalue weighted by molar-refractivity contribution is -0.155. The molecule has 0 spiro atoms. The molecule has 0 rings (SSSR count). The predicted octanol–water partition coefficient (Wildman–Crippen LogP) is 1.17. The van der Waals surface area contributed by atoms with Gasteiger partial charge in [0.05, 0.1) is 23.7 Å². The molecule has 0 fully saturated rings. The molecule has 0 saturated heterocycles. The molecule has 0 aromatic carbocycles. The van der Waals surface area contributed by atoms with E-state index in [-0.39, 0.29) is 19.3 Å². The van der Waals surface area contributed by atoms with E-state index in [1.807, 2.05) is 0 Å². The van der Waals surface area contributed by atoms with E-state index in [1.165, 1.54) is 6.92 Å². The Morgan fingerprint density at radius 1 is 0.818 bits per heavy atom. The maximum atomic E-state index is 11.2. The van der Waals surface area contributed by atoms with Crippen LogP contribution in [0.5, 0.6) is 0 Å². The summed E-state index contributed by atoms with van der Waals surface area (Å²) in [6, 6.07) is 0. The highest BCUT2D eigenvalue weighted by molar-refractivity contribution is 5.82. The lowest BCUT2D eigenvalue weighted by Gasteiger charge is -2.22. The zero-order valence-electron chi connectivity index (χ0n) is 12.1. The zero-order chi connectivity index (χ0) is 17.4. The molecule has 0 aromatic rings. The van der Waals surface area contributed by atoms with E-state index >= 15 is 0 Å². The highest BCUT2D eigenvalue weighted by Crippen LogP contribution is 2.27. The summed E-state index contributed by atoms with van der Waals surface area (Å²) in [7, 11) is 0. The minimum Gasteiger partial charge on any atom is -0.481 e. The second-order valence-electron chi connectivity index (χ2n) is 4.92. The minimum atomic E-state index is -1.39. The molecule has 4 N–H and O–H groups in total. The van der Waals surface area contributed by atoms with E-state index in [4.69, 9.17) is 20.4 Å². The minimum absolute atomic E-state index is 0.0772. The van der Waals surface area contributed by atoms with E-state index in [2.05, 4.69) is 6.58 Å². The van der Waals surface area contributed by atoms with Gasteiger partial charge in [0.25, 0.3) is 0 Å². The van der Waals surface area contributed by atoms with Crippen LogP contribution in [0.1, 0.15) is 26.2 Å². The number of carbonyl (C=O) groups is 4. The van der Waals surface area contributed by atoms with Crippen LogP contribution >= 0.6 is 0 Å². The number of carboxylic acid groups (broad SMARTS) is 4. The molecule has 4 atom stereocenters. The first-order valence-corrected chi connectivity index (χ1v) is 6.71. The quantitative estimate of drug-likeness (QED) is 0.415. The van der Waals surface area contributed by atoms with Crippen LogP contribution in [0.25, 0.3) is 0 Å². The summed E-state index contributed by atoms with van der Waals surface area (Å²) >= 11 is 0. The summed E-state index contributed by atoms with van der Waals surface area (Å²) in [5.74, 6) is -10.5. The Morgan fingerprint density at radius 2 is 1.23 bits per heavy atom. The third kappa shape index (κ3) is 5.19. The van der Waals surface area contributed by atoms with Crippen molar-refractivity contribution in [1.82, 2.24) is 0 Å². The van der Waals surface area contributed by atoms with Crippen LogP contribution in [0.3, 0.4) is 0 Å². The monoisotopic (exact) mass is 316 g/mol. The molecule has 0 aliphatic carbocycles. The summed E-state index contributed by atoms with van der Waals surface area (Å²) in [4.78, 5) is 44.5. The van der Waals surface area contributed by atoms with Crippen LogP contribution in [0.15, 0.2) is 12.7 Å². The number of hydrogen-bond donors (Lipinski definition) is 4. The molecule has 8 heteroatoms. The fourth-order valence-corrected chi connectivity index (χ4v) is 2.38. The van der Waals surface area contributed by atoms with Crippen LogP contribution in [-0.4, -0.2) is 44.3 Å². The first-order chi connectivity index (χ1) is 10.2. The molecule has 124 valence electrons. The van der Waals surface area contributed by atoms with Gasteiger partial charge in [-0.3, -0.25) is 19.2 Å². The predicted molar refractivity (Wildman–Crippen MR) is 74.2 cm³/mol. The summed E-state index contributed by atoms with van der Waals surface area (Å²) < 4.78 is 0. The van der Waals surface area contributed by atoms with Crippen molar-refractivity contribution in [3.05, 3.63) is 12.7 Å². The van der Waals surface area contributed by atoms with Gasteiger partial charge in [-0.15, -0.1) is 6.58 Å². The van der Waals surface area contributed by atoms with Gasteiger partial charge in [0.15, 0.2) is 0 Å². The average molecular weight is 316 g/mol. The maximum Gasteiger partial charge on any atom is 0.311 e. The molecule has 0 aromatic heterocycles. The van der Waals surface area contributed by atoms with Gasteiger partial charge in [-0.1, -0.05) is 13.0 Å². The normalized spacial score (nSPS) is 16.0. The van der Waals surface area contributed by atoms with Gasteiger partial charge < -0.3 is 20.4 Å². The third-order valence-electron chi connectivity index (χ3n) is 3.64. The molecule has 0 aliphatic rings. The fourth-order valence-electron chi connectivity index (χ4n) is 2.38. The molecular weight excluding hydrogens is 296 g/mol. The topological polar surface area (TPSA) is 149 Å². The Hall–Kier alpha value is -2.38. The highest BCUT2D eigenvalue weighted by Gasteiger charge is 2.36. The Balaban J connectivity index is 5.18. The van der Waals surface area contributed by atoms with Gasteiger partial charge in [-0.2, -0.15) is 0 Å². The summed E-state index contributed by atoms with van der Waals surface area (Å²) in [5.41, 5.74) is 0. The molecule has 0 bridgehead atoms. The van der Waals surface area contributed by atoms with Crippen molar-refractivity contribution in [2.45, 2.75) is 26.2 Å². The molecule has 8 nitrogen and oxygen atoms in total. The molecule has 0 radical (unpaired) electrons. The van der Waals surface area contributed by atoms with Gasteiger partial charge in [-0.05, 0) is 19.3 Å². The largest absolute Gasteiger partial charge is 0.481 e. The van der Waals surface area contributed by atoms with E-state index in [1.54, 1.807) is 0 Å². The van der Waals surface area contributed by atoms with Gasteiger partial charge in [0.2, 0.25) is 0 Å². The standard InChI is InChI=1S/C14H20O8/c1-3-7(11(15)16)9(13(19)20)5-6-10(14(21)22)8(4-2)12(17)18/h3,7-10H,1,4-6H2,2H3,(H,15,16)(H,17,18)(H,19,20)(H,21,22). The zero-order valence-corrected chi connectivity index (χ0v) is 12.1. The maximum absolute atomic E-state index is 11.2. The van der Waals surface area contributed by atoms with E-state index < -0.39 is 47.5 Å². The van der Waals surface area contributed by atoms with Crippen molar-refractivity contribution >= 4 is 23.9 Å². The van der Waals surface area contributed by atoms with Crippen molar-refractivity contribution in [2.24, 2.45) is 23.7 Å². The van der Waals surface area contributed by atoms with Crippen LogP contribution in [0.4, 0.5) is 0 Å². The Bertz CT molecular complexity index is 456. The van der Waals surface area contributed by atoms with Crippen LogP contribution in [-0.2, 0) is 19.2 Å². The van der Waals surface area contributed by atoms with Crippen molar-refractivity contribution in [3.8, 4) is 0 Å². The van der Waals surface area contributed by atoms with Crippen LogP contribution in [0, 0.1) is 23.7 Å². The molecule has 4 unspecified atom stereocenters. The van der Waals surface area contributed by atoms with E-state index in [0.717, 1.165) is 6.08 Å². The Labute approximate surface area is 127 Å². The van der Waals surface area contributed by atoms with E-state index in [0.29, 0.717) is 0 Å². The van der Waals surface area contributed by atoms with E-state index in [9.17, 15) is 19.2 Å². The first-order valence-electron chi connectivity index (χ1n) is 6.71. The second kappa shape index (κ2) is 8.81. The lowest BCUT2D eigenvalue weighted by atomic mass is 9.81. The first kappa shape index (κ1) is 19.6. The van der Waals surface area contributed by atoms with Gasteiger partial charge in [0.1, 0.15) is 0 Å². The van der Waals surface area contributed by atoms with Gasteiger partial charge >= 0.3 is 23.9 Å². The van der Waals surface area contributed by atoms with Crippen LogP contribution < -0.4 is 0 Å². The molecule has 0 amide bonds. The smallest absolute Gasteiger partial charge is 0.311 e. The number of hydrogen-bond acceptors (Lipinski definition) is 4. The molecular formula is C14H20O8. The fraction of sp³-hybridized carbons (Fsp3) is 0.571. The highest BCUT2D eigenvalue weighted by atomic mass is 16.4.